The van der Waals surface area contributed by atoms with E-state index in [1.165, 1.54) is 23.1 Å². The van der Waals surface area contributed by atoms with Crippen LogP contribution in [0.25, 0.3) is 5.76 Å². The normalized spacial score (nSPS) is 17.5. The zero-order valence-corrected chi connectivity index (χ0v) is 19.5. The summed E-state index contributed by atoms with van der Waals surface area (Å²) in [5.41, 5.74) is 2.69. The maximum atomic E-state index is 15.0. The van der Waals surface area contributed by atoms with Crippen LogP contribution < -0.4 is 9.64 Å². The number of carbonyl (C=O) groups is 2. The van der Waals surface area contributed by atoms with Crippen molar-refractivity contribution in [1.82, 2.24) is 0 Å². The van der Waals surface area contributed by atoms with Gasteiger partial charge in [-0.15, -0.1) is 0 Å². The number of ketones is 1. The predicted octanol–water partition coefficient (Wildman–Crippen LogP) is 5.86. The fourth-order valence-corrected chi connectivity index (χ4v) is 4.08. The molecule has 0 saturated carbocycles. The molecule has 0 radical (unpaired) electrons. The molecule has 1 aliphatic rings. The monoisotopic (exact) mass is 459 g/mol. The Labute approximate surface area is 198 Å². The molecule has 1 saturated heterocycles. The van der Waals surface area contributed by atoms with Crippen LogP contribution in [0.3, 0.4) is 0 Å². The maximum Gasteiger partial charge on any atom is 0.300 e. The Kier molecular flexibility index (Phi) is 6.24. The van der Waals surface area contributed by atoms with Crippen LogP contribution in [0.5, 0.6) is 5.75 Å². The number of aliphatic hydroxyl groups excluding tert-OH is 1. The van der Waals surface area contributed by atoms with Crippen LogP contribution in [0.4, 0.5) is 10.1 Å². The minimum atomic E-state index is -1.12. The molecule has 1 fully saturated rings. The summed E-state index contributed by atoms with van der Waals surface area (Å²) in [6.07, 6.45) is -0.0243. The van der Waals surface area contributed by atoms with E-state index in [1.807, 2.05) is 33.8 Å². The van der Waals surface area contributed by atoms with Crippen molar-refractivity contribution in [3.05, 3.63) is 100 Å². The molecule has 1 atom stereocenters. The van der Waals surface area contributed by atoms with E-state index in [2.05, 4.69) is 0 Å². The van der Waals surface area contributed by atoms with Gasteiger partial charge in [0.1, 0.15) is 17.3 Å². The van der Waals surface area contributed by atoms with E-state index in [9.17, 15) is 19.1 Å². The van der Waals surface area contributed by atoms with E-state index in [0.717, 1.165) is 11.1 Å². The molecular formula is C28H26FNO4. The molecule has 5 nitrogen and oxygen atoms in total. The van der Waals surface area contributed by atoms with Gasteiger partial charge in [0, 0.05) is 16.8 Å². The number of aryl methyl sites for hydroxylation is 2. The topological polar surface area (TPSA) is 66.8 Å². The molecule has 3 aromatic carbocycles. The van der Waals surface area contributed by atoms with Gasteiger partial charge in [0.05, 0.1) is 17.7 Å². The molecular weight excluding hydrogens is 433 g/mol. The van der Waals surface area contributed by atoms with Gasteiger partial charge in [-0.1, -0.05) is 24.3 Å². The highest BCUT2D eigenvalue weighted by molar-refractivity contribution is 6.51. The van der Waals surface area contributed by atoms with Gasteiger partial charge in [-0.3, -0.25) is 14.5 Å². The van der Waals surface area contributed by atoms with Crippen molar-refractivity contribution in [2.75, 3.05) is 4.90 Å². The largest absolute Gasteiger partial charge is 0.507 e. The van der Waals surface area contributed by atoms with Gasteiger partial charge < -0.3 is 9.84 Å². The van der Waals surface area contributed by atoms with Crippen molar-refractivity contribution in [3.63, 3.8) is 0 Å². The molecule has 1 aliphatic heterocycles. The maximum absolute atomic E-state index is 15.0. The van der Waals surface area contributed by atoms with Crippen molar-refractivity contribution in [2.24, 2.45) is 0 Å². The standard InChI is InChI=1S/C28H26FNO4/c1-16(2)34-21-13-10-19(11-14-21)26(31)24-25(22-7-5-6-8-23(22)29)30(28(33)27(24)32)20-12-9-17(3)18(4)15-20/h5-16,25,31H,1-4H3/b26-24+. The molecule has 34 heavy (non-hydrogen) atoms. The van der Waals surface area contributed by atoms with Gasteiger partial charge in [-0.05, 0) is 81.3 Å². The third kappa shape index (κ3) is 4.19. The SMILES string of the molecule is Cc1ccc(N2C(=O)C(=O)/C(=C(/O)c3ccc(OC(C)C)cc3)C2c2ccccc2F)cc1C. The summed E-state index contributed by atoms with van der Waals surface area (Å²) in [6, 6.07) is 16.8. The van der Waals surface area contributed by atoms with Crippen LogP contribution in [0.2, 0.25) is 0 Å². The highest BCUT2D eigenvalue weighted by atomic mass is 19.1. The summed E-state index contributed by atoms with van der Waals surface area (Å²) >= 11 is 0. The lowest BCUT2D eigenvalue weighted by atomic mass is 9.94. The van der Waals surface area contributed by atoms with Crippen LogP contribution in [0.15, 0.2) is 72.3 Å². The minimum absolute atomic E-state index is 0.0243. The van der Waals surface area contributed by atoms with E-state index in [1.54, 1.807) is 42.5 Å². The lowest BCUT2D eigenvalue weighted by molar-refractivity contribution is -0.132. The van der Waals surface area contributed by atoms with E-state index < -0.39 is 23.5 Å². The fraction of sp³-hybridized carbons (Fsp3) is 0.214. The first-order valence-corrected chi connectivity index (χ1v) is 11.1. The Morgan fingerprint density at radius 1 is 0.971 bits per heavy atom. The zero-order valence-electron chi connectivity index (χ0n) is 19.5. The van der Waals surface area contributed by atoms with Gasteiger partial charge >= 0.3 is 0 Å². The summed E-state index contributed by atoms with van der Waals surface area (Å²) in [7, 11) is 0. The quantitative estimate of drug-likeness (QED) is 0.295. The van der Waals surface area contributed by atoms with Crippen molar-refractivity contribution >= 4 is 23.1 Å². The molecule has 174 valence electrons. The molecule has 4 rings (SSSR count). The lowest BCUT2D eigenvalue weighted by Gasteiger charge is -2.26. The van der Waals surface area contributed by atoms with Gasteiger partial charge in [0.25, 0.3) is 11.7 Å². The number of anilines is 1. The second kappa shape index (κ2) is 9.14. The lowest BCUT2D eigenvalue weighted by Crippen LogP contribution is -2.30. The van der Waals surface area contributed by atoms with Crippen LogP contribution in [0, 0.1) is 19.7 Å². The van der Waals surface area contributed by atoms with Crippen LogP contribution in [-0.2, 0) is 9.59 Å². The second-order valence-corrected chi connectivity index (χ2v) is 8.65. The Morgan fingerprint density at radius 2 is 1.65 bits per heavy atom. The molecule has 0 bridgehead atoms. The number of ether oxygens (including phenoxy) is 1. The molecule has 1 N–H and O–H groups in total. The van der Waals surface area contributed by atoms with E-state index >= 15 is 0 Å². The highest BCUT2D eigenvalue weighted by Gasteiger charge is 2.47. The van der Waals surface area contributed by atoms with Crippen molar-refractivity contribution in [2.45, 2.75) is 39.8 Å². The third-order valence-corrected chi connectivity index (χ3v) is 5.91. The number of Topliss-reactive ketones (excluding diaryl/α,β-unsaturated/α-hetero) is 1. The fourth-order valence-electron chi connectivity index (χ4n) is 4.08. The van der Waals surface area contributed by atoms with Gasteiger partial charge in [0.2, 0.25) is 0 Å². The Bertz CT molecular complexity index is 1290. The first-order chi connectivity index (χ1) is 16.2. The molecule has 6 heteroatoms. The molecule has 3 aromatic rings. The second-order valence-electron chi connectivity index (χ2n) is 8.65. The third-order valence-electron chi connectivity index (χ3n) is 5.91. The van der Waals surface area contributed by atoms with Crippen LogP contribution >= 0.6 is 0 Å². The van der Waals surface area contributed by atoms with E-state index in [4.69, 9.17) is 4.74 Å². The summed E-state index contributed by atoms with van der Waals surface area (Å²) in [4.78, 5) is 27.7. The number of hydrogen-bond donors (Lipinski definition) is 1. The van der Waals surface area contributed by atoms with Crippen molar-refractivity contribution in [3.8, 4) is 5.75 Å². The Hall–Kier alpha value is -3.93. The van der Waals surface area contributed by atoms with Crippen LogP contribution in [0.1, 0.15) is 42.1 Å². The van der Waals surface area contributed by atoms with Gasteiger partial charge in [-0.2, -0.15) is 0 Å². The Morgan fingerprint density at radius 3 is 2.26 bits per heavy atom. The number of amides is 1. The molecule has 1 amide bonds. The first-order valence-electron chi connectivity index (χ1n) is 11.1. The number of halogens is 1. The van der Waals surface area contributed by atoms with E-state index in [-0.39, 0.29) is 23.0 Å². The van der Waals surface area contributed by atoms with Crippen LogP contribution in [-0.4, -0.2) is 22.9 Å². The average molecular weight is 460 g/mol. The summed E-state index contributed by atoms with van der Waals surface area (Å²) in [5, 5.41) is 11.2. The van der Waals surface area contributed by atoms with Crippen molar-refractivity contribution in [1.29, 1.82) is 0 Å². The number of benzene rings is 3. The van der Waals surface area contributed by atoms with Gasteiger partial charge in [0.15, 0.2) is 0 Å². The molecule has 1 heterocycles. The smallest absolute Gasteiger partial charge is 0.300 e. The highest BCUT2D eigenvalue weighted by Crippen LogP contribution is 2.43. The minimum Gasteiger partial charge on any atom is -0.507 e. The predicted molar refractivity (Wildman–Crippen MR) is 129 cm³/mol. The number of rotatable bonds is 5. The summed E-state index contributed by atoms with van der Waals surface area (Å²) in [5.74, 6) is -2.03. The number of carbonyl (C=O) groups excluding carboxylic acids is 2. The molecule has 0 spiro atoms. The van der Waals surface area contributed by atoms with Gasteiger partial charge in [-0.25, -0.2) is 4.39 Å². The molecule has 0 aliphatic carbocycles. The number of aliphatic hydroxyl groups is 1. The van der Waals surface area contributed by atoms with Crippen molar-refractivity contribution < 1.29 is 23.8 Å². The first kappa shape index (κ1) is 23.2. The molecule has 1 unspecified atom stereocenters. The zero-order chi connectivity index (χ0) is 24.6. The number of nitrogens with zero attached hydrogens (tertiary/aromatic N) is 1. The average Bonchev–Trinajstić information content (AvgIpc) is 3.06. The molecule has 0 aromatic heterocycles. The summed E-state index contributed by atoms with van der Waals surface area (Å²) < 4.78 is 20.6. The number of hydrogen-bond acceptors (Lipinski definition) is 4. The Balaban J connectivity index is 1.90. The summed E-state index contributed by atoms with van der Waals surface area (Å²) in [6.45, 7) is 7.63. The van der Waals surface area contributed by atoms with E-state index in [0.29, 0.717) is 17.0 Å².